The first-order chi connectivity index (χ1) is 12.1. The summed E-state index contributed by atoms with van der Waals surface area (Å²) in [6.07, 6.45) is 8.68. The minimum Gasteiger partial charge on any atom is -0.401 e. The van der Waals surface area contributed by atoms with Crippen molar-refractivity contribution in [3.8, 4) is 0 Å². The van der Waals surface area contributed by atoms with Crippen LogP contribution in [-0.4, -0.2) is 28.1 Å². The third-order valence-electron chi connectivity index (χ3n) is 3.53. The van der Waals surface area contributed by atoms with Crippen LogP contribution in [0.5, 0.6) is 0 Å². The number of nitrogens with one attached hydrogen (secondary N) is 2. The second-order valence-electron chi connectivity index (χ2n) is 5.72. The van der Waals surface area contributed by atoms with Gasteiger partial charge in [-0.25, -0.2) is 10.8 Å². The molecule has 0 atom stereocenters. The molecule has 0 aliphatic rings. The van der Waals surface area contributed by atoms with Crippen LogP contribution in [0.3, 0.4) is 0 Å². The molecule has 0 radical (unpaired) electrons. The lowest BCUT2D eigenvalue weighted by atomic mass is 10.1. The molecule has 0 aromatic carbocycles. The number of aromatic nitrogens is 2. The first kappa shape index (κ1) is 19.6. The van der Waals surface area contributed by atoms with Crippen LogP contribution in [0.4, 0.5) is 5.95 Å². The Hall–Kier alpha value is -1.68. The van der Waals surface area contributed by atoms with Crippen LogP contribution in [0.15, 0.2) is 39.8 Å². The van der Waals surface area contributed by atoms with E-state index < -0.39 is 0 Å². The molecule has 0 aliphatic heterocycles. The number of aryl methyl sites for hydroxylation is 1. The van der Waals surface area contributed by atoms with Crippen molar-refractivity contribution in [1.29, 1.82) is 0 Å². The largest absolute Gasteiger partial charge is 0.401 e. The van der Waals surface area contributed by atoms with Gasteiger partial charge in [-0.1, -0.05) is 12.5 Å². The number of aromatic amines is 1. The molecular formula is C16H27N7S2. The zero-order valence-electron chi connectivity index (χ0n) is 14.3. The summed E-state index contributed by atoms with van der Waals surface area (Å²) in [6.45, 7) is 1.50. The topological polar surface area (TPSA) is 122 Å². The number of nitrogens with zero attached hydrogens (tertiary/aromatic N) is 2. The van der Waals surface area contributed by atoms with Gasteiger partial charge < -0.3 is 21.5 Å². The number of thiophene rings is 1. The van der Waals surface area contributed by atoms with E-state index in [0.29, 0.717) is 12.5 Å². The fourth-order valence-electron chi connectivity index (χ4n) is 2.29. The summed E-state index contributed by atoms with van der Waals surface area (Å²) in [7, 11) is 0. The number of H-pyrrole nitrogens is 1. The van der Waals surface area contributed by atoms with Crippen molar-refractivity contribution in [1.82, 2.24) is 19.7 Å². The second-order valence-corrected chi connectivity index (χ2v) is 7.86. The smallest absolute Gasteiger partial charge is 0.197 e. The molecule has 0 saturated carbocycles. The summed E-state index contributed by atoms with van der Waals surface area (Å²) in [6, 6.07) is 4.12. The van der Waals surface area contributed by atoms with Crippen molar-refractivity contribution in [3.63, 3.8) is 0 Å². The molecule has 0 aliphatic carbocycles. The Bertz CT molecular complexity index is 624. The maximum absolute atomic E-state index is 6.04. The SMILES string of the molecule is N/C(=C\N(N)CCNSc1cccs1)CCCCCc1cnc(N)[nH]1. The highest BCUT2D eigenvalue weighted by molar-refractivity contribution is 7.99. The average molecular weight is 382 g/mol. The van der Waals surface area contributed by atoms with Crippen LogP contribution in [0, 0.1) is 0 Å². The van der Waals surface area contributed by atoms with Gasteiger partial charge in [0.15, 0.2) is 5.95 Å². The van der Waals surface area contributed by atoms with Gasteiger partial charge in [0, 0.05) is 30.7 Å². The number of hydrogen-bond donors (Lipinski definition) is 5. The molecule has 0 saturated heterocycles. The maximum atomic E-state index is 6.04. The van der Waals surface area contributed by atoms with Gasteiger partial charge in [-0.15, -0.1) is 11.3 Å². The fraction of sp³-hybridized carbons (Fsp3) is 0.438. The summed E-state index contributed by atoms with van der Waals surface area (Å²) in [5.74, 6) is 6.43. The van der Waals surface area contributed by atoms with Gasteiger partial charge in [0.2, 0.25) is 0 Å². The summed E-state index contributed by atoms with van der Waals surface area (Å²) >= 11 is 3.34. The number of unbranched alkanes of at least 4 members (excludes halogenated alkanes) is 2. The number of imidazole rings is 1. The number of allylic oxidation sites excluding steroid dienone is 1. The molecule has 0 unspecified atom stereocenters. The molecular weight excluding hydrogens is 354 g/mol. The molecule has 2 aromatic heterocycles. The van der Waals surface area contributed by atoms with Crippen molar-refractivity contribution in [3.05, 3.63) is 41.3 Å². The zero-order chi connectivity index (χ0) is 17.9. The number of anilines is 1. The van der Waals surface area contributed by atoms with Gasteiger partial charge >= 0.3 is 0 Å². The number of hydrazine groups is 1. The molecule has 2 aromatic rings. The van der Waals surface area contributed by atoms with E-state index in [9.17, 15) is 0 Å². The third-order valence-corrected chi connectivity index (χ3v) is 5.42. The second kappa shape index (κ2) is 11.0. The van der Waals surface area contributed by atoms with Crippen LogP contribution in [0.1, 0.15) is 31.4 Å². The van der Waals surface area contributed by atoms with Gasteiger partial charge in [-0.05, 0) is 49.1 Å². The highest BCUT2D eigenvalue weighted by Crippen LogP contribution is 2.19. The van der Waals surface area contributed by atoms with Crippen LogP contribution in [-0.2, 0) is 6.42 Å². The third kappa shape index (κ3) is 8.30. The molecule has 25 heavy (non-hydrogen) atoms. The first-order valence-corrected chi connectivity index (χ1v) is 10.0. The van der Waals surface area contributed by atoms with E-state index >= 15 is 0 Å². The van der Waals surface area contributed by atoms with E-state index in [1.165, 1.54) is 4.21 Å². The first-order valence-electron chi connectivity index (χ1n) is 8.33. The zero-order valence-corrected chi connectivity index (χ0v) is 15.9. The van der Waals surface area contributed by atoms with E-state index in [1.807, 2.05) is 12.3 Å². The van der Waals surface area contributed by atoms with E-state index in [2.05, 4.69) is 26.1 Å². The average Bonchev–Trinajstić information content (AvgIpc) is 3.23. The Morgan fingerprint density at radius 3 is 3.00 bits per heavy atom. The van der Waals surface area contributed by atoms with Gasteiger partial charge in [0.05, 0.1) is 10.4 Å². The van der Waals surface area contributed by atoms with Crippen molar-refractivity contribution < 1.29 is 0 Å². The molecule has 7 nitrogen and oxygen atoms in total. The highest BCUT2D eigenvalue weighted by Gasteiger charge is 2.00. The standard InChI is InChI=1S/C16H27N7S2/c17-13(5-2-1-3-6-14-11-20-16(18)22-14)12-23(19)9-8-21-25-15-7-4-10-24-15/h4,7,10-12,21H,1-3,5-6,8-9,17,19H2,(H3,18,20,22)/b13-12-. The molecule has 0 amide bonds. The van der Waals surface area contributed by atoms with E-state index in [1.54, 1.807) is 34.5 Å². The van der Waals surface area contributed by atoms with Crippen molar-refractivity contribution in [2.45, 2.75) is 36.3 Å². The van der Waals surface area contributed by atoms with Crippen molar-refractivity contribution >= 4 is 29.2 Å². The van der Waals surface area contributed by atoms with Gasteiger partial charge in [0.25, 0.3) is 0 Å². The molecule has 0 bridgehead atoms. The lowest BCUT2D eigenvalue weighted by Gasteiger charge is -2.15. The van der Waals surface area contributed by atoms with Gasteiger partial charge in [-0.3, -0.25) is 4.72 Å². The summed E-state index contributed by atoms with van der Waals surface area (Å²) < 4.78 is 4.53. The normalized spacial score (nSPS) is 11.8. The van der Waals surface area contributed by atoms with Gasteiger partial charge in [-0.2, -0.15) is 0 Å². The molecule has 2 rings (SSSR count). The van der Waals surface area contributed by atoms with E-state index in [4.69, 9.17) is 17.3 Å². The van der Waals surface area contributed by atoms with Crippen LogP contribution < -0.4 is 22.0 Å². The molecule has 0 spiro atoms. The predicted molar refractivity (Wildman–Crippen MR) is 107 cm³/mol. The predicted octanol–water partition coefficient (Wildman–Crippen LogP) is 2.43. The highest BCUT2D eigenvalue weighted by atomic mass is 32.2. The maximum Gasteiger partial charge on any atom is 0.197 e. The van der Waals surface area contributed by atoms with E-state index in [0.717, 1.165) is 50.0 Å². The fourth-order valence-corrected chi connectivity index (χ4v) is 3.75. The summed E-state index contributed by atoms with van der Waals surface area (Å²) in [5.41, 5.74) is 13.5. The molecule has 9 heteroatoms. The lowest BCUT2D eigenvalue weighted by molar-refractivity contribution is 0.394. The number of rotatable bonds is 12. The Balaban J connectivity index is 1.50. The van der Waals surface area contributed by atoms with Crippen molar-refractivity contribution in [2.24, 2.45) is 11.6 Å². The molecule has 8 N–H and O–H groups in total. The Kier molecular flexibility index (Phi) is 8.67. The molecule has 138 valence electrons. The van der Waals surface area contributed by atoms with Gasteiger partial charge in [0.1, 0.15) is 0 Å². The Morgan fingerprint density at radius 1 is 1.40 bits per heavy atom. The molecule has 2 heterocycles. The number of nitrogens with two attached hydrogens (primary N) is 3. The monoisotopic (exact) mass is 381 g/mol. The van der Waals surface area contributed by atoms with Crippen LogP contribution >= 0.6 is 23.3 Å². The summed E-state index contributed by atoms with van der Waals surface area (Å²) in [4.78, 5) is 7.02. The minimum absolute atomic E-state index is 0.480. The lowest BCUT2D eigenvalue weighted by Crippen LogP contribution is -2.32. The quantitative estimate of drug-likeness (QED) is 0.166. The minimum atomic E-state index is 0.480. The number of nitrogen functional groups attached to an aromatic ring is 1. The number of hydrogen-bond acceptors (Lipinski definition) is 8. The Labute approximate surface area is 157 Å². The van der Waals surface area contributed by atoms with Crippen LogP contribution in [0.25, 0.3) is 0 Å². The van der Waals surface area contributed by atoms with E-state index in [-0.39, 0.29) is 0 Å². The summed E-state index contributed by atoms with van der Waals surface area (Å²) in [5, 5.41) is 3.71. The molecule has 0 fully saturated rings. The Morgan fingerprint density at radius 2 is 2.28 bits per heavy atom. The van der Waals surface area contributed by atoms with Crippen LogP contribution in [0.2, 0.25) is 0 Å². The van der Waals surface area contributed by atoms with Crippen molar-refractivity contribution in [2.75, 3.05) is 18.8 Å².